The third-order valence-corrected chi connectivity index (χ3v) is 20.4. The van der Waals surface area contributed by atoms with Gasteiger partial charge in [-0.3, -0.25) is 18.5 Å². The van der Waals surface area contributed by atoms with Crippen LogP contribution < -0.4 is 50.2 Å². The van der Waals surface area contributed by atoms with E-state index in [1.165, 1.54) is 34.2 Å². The lowest BCUT2D eigenvalue weighted by Gasteiger charge is -2.21. The summed E-state index contributed by atoms with van der Waals surface area (Å²) in [5.74, 6) is 2.72. The van der Waals surface area contributed by atoms with Gasteiger partial charge in [-0.1, -0.05) is 91.0 Å². The minimum atomic E-state index is -3.48. The molecule has 0 bridgehead atoms. The second-order valence-corrected chi connectivity index (χ2v) is 31.4. The van der Waals surface area contributed by atoms with Crippen molar-refractivity contribution < 1.29 is 63.2 Å². The monoisotopic (exact) mass is 1460 g/mol. The highest BCUT2D eigenvalue weighted by molar-refractivity contribution is 7.91. The number of amides is 1. The van der Waals surface area contributed by atoms with Crippen molar-refractivity contribution in [3.63, 3.8) is 0 Å². The van der Waals surface area contributed by atoms with Gasteiger partial charge in [-0.2, -0.15) is 0 Å². The van der Waals surface area contributed by atoms with Crippen LogP contribution in [-0.4, -0.2) is 162 Å². The molecule has 1 aliphatic rings. The number of likely N-dealkylation sites (tertiary alicyclic amines) is 1. The normalized spacial score (nSPS) is 13.3. The van der Waals surface area contributed by atoms with Gasteiger partial charge >= 0.3 is 17.1 Å². The van der Waals surface area contributed by atoms with Crippen molar-refractivity contribution in [3.05, 3.63) is 217 Å². The number of hydrogen-bond acceptors (Lipinski definition) is 17. The van der Waals surface area contributed by atoms with Gasteiger partial charge in [-0.05, 0) is 135 Å². The van der Waals surface area contributed by atoms with Gasteiger partial charge in [-0.25, -0.2) is 39.6 Å². The fourth-order valence-electron chi connectivity index (χ4n) is 13.2. The van der Waals surface area contributed by atoms with E-state index in [9.17, 15) is 44.4 Å². The number of methoxy groups -OCH3 is 4. The Bertz CT molecular complexity index is 5460. The van der Waals surface area contributed by atoms with Crippen LogP contribution in [0.5, 0.6) is 40.2 Å². The minimum absolute atomic E-state index is 0.140. The number of carbonyl (C=O) groups excluding carboxylic acids is 1. The highest BCUT2D eigenvalue weighted by Gasteiger charge is 2.31. The largest absolute Gasteiger partial charge is 0.496 e. The molecular weight excluding hydrogens is 1380 g/mol. The van der Waals surface area contributed by atoms with E-state index in [1.54, 1.807) is 98.0 Å². The van der Waals surface area contributed by atoms with Crippen LogP contribution in [0.15, 0.2) is 172 Å². The zero-order chi connectivity index (χ0) is 74.1. The van der Waals surface area contributed by atoms with E-state index >= 15 is 0 Å². The highest BCUT2D eigenvalue weighted by atomic mass is 32.2. The maximum atomic E-state index is 13.3. The van der Waals surface area contributed by atoms with Crippen LogP contribution in [0.3, 0.4) is 0 Å². The Kier molecular flexibility index (Phi) is 23.5. The molecular formula is C76H85N7O17S3. The first-order valence-corrected chi connectivity index (χ1v) is 39.6. The standard InChI is InChI=1S/C26H28N2O6S.C26H28N2O5S.C24H29N3O6S/c1-5-34-24-15-17(13-14-23(24)33-3)21(16-35(4,30)31)28-20-11-8-10-19(25(20)27-26(28)29)18-9-6-7-12-22(18)32-2;1-5-33-24-15-18(13-14-23(24)32-3)22(16-34(4,30)31)28-21-12-8-11-20(25(21)27-26(28)29)19-10-7-6-9-17(19)2;1-4-33-21-14-16(10-11-20(21)32-2)19(15-34(3,30)31)27-18-9-7-8-17(22(18)25-24(27)29)23(28)26-12-5-6-13-26/h6-15,21H,5,16H2,1-4H3,(H,27,29);6-15,22H,5,16H2,1-4H3,(H,27,29);7-11,14,19H,4-6,12-13,15H2,1-3H3,(H,25,29)/t21-;22-;19-/m000/s1. The van der Waals surface area contributed by atoms with Crippen LogP contribution >= 0.6 is 0 Å². The summed E-state index contributed by atoms with van der Waals surface area (Å²) in [5.41, 5.74) is 8.87. The summed E-state index contributed by atoms with van der Waals surface area (Å²) in [6.45, 7) is 10.2. The SMILES string of the molecule is CCOc1cc([C@H](CS(C)(=O)=O)n2c(=O)[nH]c3c(-c4ccccc4C)cccc32)ccc1OC.CCOc1cc([C@H](CS(C)(=O)=O)n2c(=O)[nH]c3c(-c4ccccc4OC)cccc32)ccc1OC.CCOc1cc([C@H](CS(C)(=O)=O)n2c(=O)[nH]c3c(C(=O)N4CCCC4)cccc32)ccc1OC. The molecule has 1 saturated heterocycles. The topological polar surface area (TPSA) is 301 Å². The first-order valence-electron chi connectivity index (χ1n) is 33.4. The Balaban J connectivity index is 0.000000166. The fraction of sp³-hybridized carbons (Fsp3) is 0.316. The smallest absolute Gasteiger partial charge is 0.327 e. The van der Waals surface area contributed by atoms with Crippen molar-refractivity contribution in [2.24, 2.45) is 0 Å². The molecule has 24 nitrogen and oxygen atoms in total. The lowest BCUT2D eigenvalue weighted by molar-refractivity contribution is 0.0794. The van der Waals surface area contributed by atoms with Crippen LogP contribution in [-0.2, 0) is 29.5 Å². The maximum absolute atomic E-state index is 13.3. The second-order valence-electron chi connectivity index (χ2n) is 24.9. The predicted octanol–water partition coefficient (Wildman–Crippen LogP) is 11.0. The van der Waals surface area contributed by atoms with E-state index in [4.69, 9.17) is 33.2 Å². The number of sulfone groups is 3. The van der Waals surface area contributed by atoms with Crippen LogP contribution in [0.4, 0.5) is 0 Å². The molecule has 11 aromatic rings. The van der Waals surface area contributed by atoms with Gasteiger partial charge in [-0.15, -0.1) is 0 Å². The summed E-state index contributed by atoms with van der Waals surface area (Å²) in [6.07, 6.45) is 5.37. The summed E-state index contributed by atoms with van der Waals surface area (Å²) < 4.78 is 118. The number of carbonyl (C=O) groups is 1. The lowest BCUT2D eigenvalue weighted by Crippen LogP contribution is -2.28. The first kappa shape index (κ1) is 75.2. The van der Waals surface area contributed by atoms with E-state index in [-0.39, 0.29) is 28.9 Å². The molecule has 3 aromatic heterocycles. The number of fused-ring (bicyclic) bond motifs is 3. The fourth-order valence-corrected chi connectivity index (χ4v) is 15.9. The van der Waals surface area contributed by atoms with Crippen molar-refractivity contribution >= 4 is 68.5 Å². The molecule has 0 radical (unpaired) electrons. The molecule has 0 unspecified atom stereocenters. The molecule has 3 N–H and O–H groups in total. The number of nitrogens with zero attached hydrogens (tertiary/aromatic N) is 4. The molecule has 1 fully saturated rings. The van der Waals surface area contributed by atoms with Crippen LogP contribution in [0, 0.1) is 6.92 Å². The number of hydrogen-bond donors (Lipinski definition) is 3. The number of rotatable bonds is 25. The van der Waals surface area contributed by atoms with Crippen molar-refractivity contribution in [2.45, 2.75) is 58.7 Å². The molecule has 103 heavy (non-hydrogen) atoms. The molecule has 3 atom stereocenters. The van der Waals surface area contributed by atoms with Gasteiger partial charge in [0.25, 0.3) is 5.91 Å². The summed E-state index contributed by atoms with van der Waals surface area (Å²) in [7, 11) is -4.19. The summed E-state index contributed by atoms with van der Waals surface area (Å²) >= 11 is 0. The van der Waals surface area contributed by atoms with E-state index in [1.807, 2.05) is 107 Å². The Morgan fingerprint density at radius 3 is 1.13 bits per heavy atom. The van der Waals surface area contributed by atoms with Crippen molar-refractivity contribution in [1.82, 2.24) is 33.6 Å². The van der Waals surface area contributed by atoms with Crippen LogP contribution in [0.2, 0.25) is 0 Å². The Morgan fingerprint density at radius 2 is 0.748 bits per heavy atom. The summed E-state index contributed by atoms with van der Waals surface area (Å²) in [4.78, 5) is 63.4. The number of benzene rings is 8. The lowest BCUT2D eigenvalue weighted by atomic mass is 9.99. The van der Waals surface area contributed by atoms with E-state index in [0.29, 0.717) is 129 Å². The summed E-state index contributed by atoms with van der Waals surface area (Å²) in [5, 5.41) is 0. The molecule has 0 aliphatic carbocycles. The van der Waals surface area contributed by atoms with Gasteiger partial charge in [0.1, 0.15) is 35.3 Å². The third kappa shape index (κ3) is 17.0. The number of aromatic nitrogens is 6. The molecule has 0 spiro atoms. The van der Waals surface area contributed by atoms with E-state index in [2.05, 4.69) is 15.0 Å². The molecule has 544 valence electrons. The molecule has 0 saturated carbocycles. The van der Waals surface area contributed by atoms with Gasteiger partial charge in [0.05, 0.1) is 122 Å². The number of ether oxygens (including phenoxy) is 7. The number of para-hydroxylation sites is 4. The van der Waals surface area contributed by atoms with Gasteiger partial charge < -0.3 is 53.0 Å². The average molecular weight is 1460 g/mol. The van der Waals surface area contributed by atoms with Gasteiger partial charge in [0, 0.05) is 48.5 Å². The van der Waals surface area contributed by atoms with Crippen molar-refractivity contribution in [2.75, 3.05) is 97.4 Å². The highest BCUT2D eigenvalue weighted by Crippen LogP contribution is 2.40. The molecule has 1 aliphatic heterocycles. The summed E-state index contributed by atoms with van der Waals surface area (Å²) in [6, 6.07) is 45.0. The van der Waals surface area contributed by atoms with Crippen molar-refractivity contribution in [3.8, 4) is 62.5 Å². The Hall–Kier alpha value is -10.5. The number of imidazole rings is 3. The first-order chi connectivity index (χ1) is 49.2. The van der Waals surface area contributed by atoms with E-state index < -0.39 is 59.0 Å². The number of aromatic amines is 3. The molecule has 4 heterocycles. The number of H-pyrrole nitrogens is 3. The molecule has 1 amide bonds. The zero-order valence-corrected chi connectivity index (χ0v) is 61.7. The van der Waals surface area contributed by atoms with Gasteiger partial charge in [0.2, 0.25) is 0 Å². The van der Waals surface area contributed by atoms with E-state index in [0.717, 1.165) is 53.2 Å². The number of nitrogens with one attached hydrogen (secondary N) is 3. The number of aryl methyl sites for hydroxylation is 1. The Labute approximate surface area is 597 Å². The molecule has 27 heteroatoms. The maximum Gasteiger partial charge on any atom is 0.327 e. The average Bonchev–Trinajstić information content (AvgIpc) is 1.63. The van der Waals surface area contributed by atoms with Crippen molar-refractivity contribution in [1.29, 1.82) is 0 Å². The van der Waals surface area contributed by atoms with Crippen LogP contribution in [0.25, 0.3) is 55.4 Å². The zero-order valence-electron chi connectivity index (χ0n) is 59.3. The minimum Gasteiger partial charge on any atom is -0.496 e. The van der Waals surface area contributed by atoms with Gasteiger partial charge in [0.15, 0.2) is 34.5 Å². The predicted molar refractivity (Wildman–Crippen MR) is 401 cm³/mol. The quantitative estimate of drug-likeness (QED) is 0.0479. The molecule has 12 rings (SSSR count). The second kappa shape index (κ2) is 32.2. The Morgan fingerprint density at radius 1 is 0.408 bits per heavy atom. The van der Waals surface area contributed by atoms with Crippen LogP contribution in [0.1, 0.15) is 84.4 Å². The molecule has 8 aromatic carbocycles. The third-order valence-electron chi connectivity index (χ3n) is 17.6.